The van der Waals surface area contributed by atoms with E-state index < -0.39 is 23.8 Å². The van der Waals surface area contributed by atoms with Gasteiger partial charge >= 0.3 is 11.9 Å². The Bertz CT molecular complexity index is 524. The van der Waals surface area contributed by atoms with Crippen LogP contribution in [0, 0.1) is 0 Å². The summed E-state index contributed by atoms with van der Waals surface area (Å²) in [6.45, 7) is 3.14. The molecule has 0 aromatic heterocycles. The van der Waals surface area contributed by atoms with Gasteiger partial charge in [-0.05, 0) is 0 Å². The molecule has 30 heavy (non-hydrogen) atoms. The second-order valence-electron chi connectivity index (χ2n) is 6.00. The summed E-state index contributed by atoms with van der Waals surface area (Å²) >= 11 is 0. The van der Waals surface area contributed by atoms with Gasteiger partial charge in [-0.15, -0.1) is 5.06 Å². The number of hydrogen-bond acceptors (Lipinski definition) is 10. The molecular weight excluding hydrogens is 406 g/mol. The van der Waals surface area contributed by atoms with Crippen molar-refractivity contribution in [3.8, 4) is 0 Å². The van der Waals surface area contributed by atoms with Gasteiger partial charge in [0.1, 0.15) is 0 Å². The number of carboxylic acid groups (broad SMARTS) is 1. The number of nitrogens with zero attached hydrogens (tertiary/aromatic N) is 1. The predicted octanol–water partition coefficient (Wildman–Crippen LogP) is -0.459. The summed E-state index contributed by atoms with van der Waals surface area (Å²) in [7, 11) is 0. The maximum Gasteiger partial charge on any atom is 0.335 e. The molecule has 12 heteroatoms. The zero-order valence-corrected chi connectivity index (χ0v) is 16.9. The van der Waals surface area contributed by atoms with Crippen molar-refractivity contribution in [1.82, 2.24) is 5.06 Å². The second kappa shape index (κ2) is 16.7. The van der Waals surface area contributed by atoms with E-state index >= 15 is 0 Å². The first-order chi connectivity index (χ1) is 14.5. The van der Waals surface area contributed by atoms with Crippen LogP contribution in [0.1, 0.15) is 25.7 Å². The molecule has 0 saturated carbocycles. The van der Waals surface area contributed by atoms with Gasteiger partial charge in [-0.1, -0.05) is 0 Å². The molecular formula is C18H29NO11. The molecule has 0 aromatic carbocycles. The van der Waals surface area contributed by atoms with E-state index in [-0.39, 0.29) is 45.5 Å². The monoisotopic (exact) mass is 435 g/mol. The van der Waals surface area contributed by atoms with Crippen LogP contribution in [0.25, 0.3) is 0 Å². The van der Waals surface area contributed by atoms with Gasteiger partial charge in [0.2, 0.25) is 0 Å². The molecule has 0 aromatic rings. The summed E-state index contributed by atoms with van der Waals surface area (Å²) in [5.74, 6) is -2.63. The number of carbonyl (C=O) groups is 4. The predicted molar refractivity (Wildman–Crippen MR) is 98.1 cm³/mol. The van der Waals surface area contributed by atoms with Crippen LogP contribution in [0.15, 0.2) is 0 Å². The van der Waals surface area contributed by atoms with Crippen LogP contribution in [0.5, 0.6) is 0 Å². The SMILES string of the molecule is O=C(O)CCOCCOCCOCCOCCOCCC(=O)ON1C(=O)CCC1=O. The number of ether oxygens (including phenoxy) is 5. The lowest BCUT2D eigenvalue weighted by molar-refractivity contribution is -0.198. The summed E-state index contributed by atoms with van der Waals surface area (Å²) in [6.07, 6.45) is 0.0121. The Labute approximate surface area is 174 Å². The van der Waals surface area contributed by atoms with E-state index in [1.807, 2.05) is 0 Å². The summed E-state index contributed by atoms with van der Waals surface area (Å²) in [5.41, 5.74) is 0. The fourth-order valence-corrected chi connectivity index (χ4v) is 2.10. The summed E-state index contributed by atoms with van der Waals surface area (Å²) in [6, 6.07) is 0. The van der Waals surface area contributed by atoms with Crippen molar-refractivity contribution in [3.05, 3.63) is 0 Å². The lowest BCUT2D eigenvalue weighted by Gasteiger charge is -2.12. The van der Waals surface area contributed by atoms with Gasteiger partial charge in [-0.2, -0.15) is 0 Å². The van der Waals surface area contributed by atoms with Crippen LogP contribution in [-0.2, 0) is 47.7 Å². The van der Waals surface area contributed by atoms with Crippen LogP contribution in [0.3, 0.4) is 0 Å². The highest BCUT2D eigenvalue weighted by Gasteiger charge is 2.32. The fraction of sp³-hybridized carbons (Fsp3) is 0.778. The second-order valence-corrected chi connectivity index (χ2v) is 6.00. The van der Waals surface area contributed by atoms with Crippen molar-refractivity contribution in [2.45, 2.75) is 25.7 Å². The number of carboxylic acids is 1. The van der Waals surface area contributed by atoms with E-state index in [1.165, 1.54) is 0 Å². The fourth-order valence-electron chi connectivity index (χ4n) is 2.10. The van der Waals surface area contributed by atoms with E-state index in [4.69, 9.17) is 33.6 Å². The molecule has 0 aliphatic carbocycles. The minimum Gasteiger partial charge on any atom is -0.481 e. The molecule has 2 amide bonds. The molecule has 172 valence electrons. The Balaban J connectivity index is 1.77. The van der Waals surface area contributed by atoms with E-state index in [9.17, 15) is 19.2 Å². The van der Waals surface area contributed by atoms with E-state index in [0.29, 0.717) is 51.3 Å². The third-order valence-electron chi connectivity index (χ3n) is 3.60. The Morgan fingerprint density at radius 2 is 1.03 bits per heavy atom. The molecule has 1 heterocycles. The average molecular weight is 435 g/mol. The van der Waals surface area contributed by atoms with Crippen molar-refractivity contribution < 1.29 is 52.8 Å². The highest BCUT2D eigenvalue weighted by molar-refractivity contribution is 6.01. The molecule has 1 N–H and O–H groups in total. The van der Waals surface area contributed by atoms with Crippen molar-refractivity contribution in [2.24, 2.45) is 0 Å². The third-order valence-corrected chi connectivity index (χ3v) is 3.60. The van der Waals surface area contributed by atoms with Crippen molar-refractivity contribution >= 4 is 23.8 Å². The molecule has 0 radical (unpaired) electrons. The van der Waals surface area contributed by atoms with Gasteiger partial charge in [0.05, 0.1) is 78.9 Å². The smallest absolute Gasteiger partial charge is 0.335 e. The zero-order valence-electron chi connectivity index (χ0n) is 16.9. The Kier molecular flexibility index (Phi) is 14.4. The van der Waals surface area contributed by atoms with Crippen molar-refractivity contribution in [3.63, 3.8) is 0 Å². The van der Waals surface area contributed by atoms with Crippen LogP contribution >= 0.6 is 0 Å². The van der Waals surface area contributed by atoms with Crippen LogP contribution < -0.4 is 0 Å². The molecule has 1 fully saturated rings. The highest BCUT2D eigenvalue weighted by atomic mass is 16.7. The van der Waals surface area contributed by atoms with Gasteiger partial charge in [-0.25, -0.2) is 4.79 Å². The van der Waals surface area contributed by atoms with Crippen molar-refractivity contribution in [2.75, 3.05) is 66.1 Å². The largest absolute Gasteiger partial charge is 0.481 e. The topological polar surface area (TPSA) is 147 Å². The van der Waals surface area contributed by atoms with Crippen LogP contribution in [0.2, 0.25) is 0 Å². The van der Waals surface area contributed by atoms with E-state index in [1.54, 1.807) is 0 Å². The molecule has 0 atom stereocenters. The molecule has 0 unspecified atom stereocenters. The first-order valence-electron chi connectivity index (χ1n) is 9.67. The number of aliphatic carboxylic acids is 1. The lowest BCUT2D eigenvalue weighted by atomic mass is 10.4. The Morgan fingerprint density at radius 1 is 0.667 bits per heavy atom. The molecule has 1 aliphatic rings. The molecule has 1 saturated heterocycles. The van der Waals surface area contributed by atoms with Gasteiger partial charge in [0.25, 0.3) is 11.8 Å². The summed E-state index contributed by atoms with van der Waals surface area (Å²) in [5, 5.41) is 8.93. The molecule has 1 rings (SSSR count). The van der Waals surface area contributed by atoms with Gasteiger partial charge in [-0.3, -0.25) is 14.4 Å². The minimum atomic E-state index is -0.895. The van der Waals surface area contributed by atoms with E-state index in [0.717, 1.165) is 0 Å². The van der Waals surface area contributed by atoms with E-state index in [2.05, 4.69) is 0 Å². The zero-order chi connectivity index (χ0) is 22.0. The lowest BCUT2D eigenvalue weighted by Crippen LogP contribution is -2.32. The average Bonchev–Trinajstić information content (AvgIpc) is 3.02. The number of hydroxylamine groups is 2. The first-order valence-corrected chi connectivity index (χ1v) is 9.67. The maximum atomic E-state index is 11.5. The number of hydrogen-bond donors (Lipinski definition) is 1. The third kappa shape index (κ3) is 13.2. The number of carbonyl (C=O) groups excluding carboxylic acids is 3. The Morgan fingerprint density at radius 3 is 1.43 bits per heavy atom. The normalized spacial score (nSPS) is 13.8. The number of rotatable bonds is 19. The highest BCUT2D eigenvalue weighted by Crippen LogP contribution is 2.12. The molecule has 0 spiro atoms. The minimum absolute atomic E-state index is 0.0240. The number of imide groups is 1. The van der Waals surface area contributed by atoms with Gasteiger partial charge < -0.3 is 33.6 Å². The quantitative estimate of drug-likeness (QED) is 0.208. The van der Waals surface area contributed by atoms with Crippen LogP contribution in [0.4, 0.5) is 0 Å². The van der Waals surface area contributed by atoms with Gasteiger partial charge in [0.15, 0.2) is 0 Å². The Hall–Kier alpha value is -2.12. The molecule has 12 nitrogen and oxygen atoms in total. The molecule has 1 aliphatic heterocycles. The van der Waals surface area contributed by atoms with Crippen molar-refractivity contribution in [1.29, 1.82) is 0 Å². The maximum absolute atomic E-state index is 11.5. The first kappa shape index (κ1) is 25.9. The number of amides is 2. The molecule has 0 bridgehead atoms. The summed E-state index contributed by atoms with van der Waals surface area (Å²) < 4.78 is 26.1. The van der Waals surface area contributed by atoms with Gasteiger partial charge in [0, 0.05) is 12.8 Å². The summed E-state index contributed by atoms with van der Waals surface area (Å²) in [4.78, 5) is 49.1. The van der Waals surface area contributed by atoms with Crippen LogP contribution in [-0.4, -0.2) is 100.0 Å². The standard InChI is InChI=1S/C18H29NO11/c20-15-1-2-16(21)19(15)30-18(24)4-6-26-8-10-28-12-14-29-13-11-27-9-7-25-5-3-17(22)23/h1-14H2,(H,22,23).